The van der Waals surface area contributed by atoms with Crippen molar-refractivity contribution in [2.45, 2.75) is 45.3 Å². The number of rotatable bonds is 14. The Kier molecular flexibility index (Phi) is 10.9. The number of carbonyl (C=O) groups is 5. The van der Waals surface area contributed by atoms with Gasteiger partial charge in [-0.25, -0.2) is 0 Å². The van der Waals surface area contributed by atoms with Gasteiger partial charge < -0.3 is 26.0 Å². The Morgan fingerprint density at radius 3 is 1.87 bits per heavy atom. The van der Waals surface area contributed by atoms with Crippen molar-refractivity contribution in [3.8, 4) is 0 Å². The first-order valence-corrected chi connectivity index (χ1v) is 9.39. The Labute approximate surface area is 173 Å². The zero-order chi connectivity index (χ0) is 22.5. The molecule has 0 saturated heterocycles. The van der Waals surface area contributed by atoms with Gasteiger partial charge in [0.25, 0.3) is 0 Å². The lowest BCUT2D eigenvalue weighted by molar-refractivity contribution is -0.137. The van der Waals surface area contributed by atoms with Crippen molar-refractivity contribution in [3.63, 3.8) is 0 Å². The van der Waals surface area contributed by atoms with Gasteiger partial charge in [-0.15, -0.1) is 0 Å². The molecule has 10 nitrogen and oxygen atoms in total. The third-order valence-corrected chi connectivity index (χ3v) is 4.09. The van der Waals surface area contributed by atoms with Gasteiger partial charge in [-0.05, 0) is 23.3 Å². The molecular weight excluding hydrogens is 396 g/mol. The highest BCUT2D eigenvalue weighted by Gasteiger charge is 2.13. The zero-order valence-corrected chi connectivity index (χ0v) is 16.5. The van der Waals surface area contributed by atoms with E-state index >= 15 is 0 Å². The zero-order valence-electron chi connectivity index (χ0n) is 16.5. The van der Waals surface area contributed by atoms with Crippen molar-refractivity contribution in [1.29, 1.82) is 0 Å². The number of carboxylic acid groups (broad SMARTS) is 1. The summed E-state index contributed by atoms with van der Waals surface area (Å²) in [5.74, 6) is -2.69. The number of aliphatic hydroxyl groups excluding tert-OH is 2. The van der Waals surface area contributed by atoms with Crippen molar-refractivity contribution in [3.05, 3.63) is 34.9 Å². The van der Waals surface area contributed by atoms with E-state index in [2.05, 4.69) is 10.6 Å². The van der Waals surface area contributed by atoms with E-state index in [0.717, 1.165) is 0 Å². The van der Waals surface area contributed by atoms with Crippen LogP contribution in [0, 0.1) is 0 Å². The SMILES string of the molecule is O=C(O)CCNC(=O)CCC(=O)CNC(=O)CCC(=O)c1cc(CO)cc(CO)c1. The highest BCUT2D eigenvalue weighted by Crippen LogP contribution is 2.13. The molecule has 0 aliphatic heterocycles. The first kappa shape index (κ1) is 24.9. The summed E-state index contributed by atoms with van der Waals surface area (Å²) >= 11 is 0. The summed E-state index contributed by atoms with van der Waals surface area (Å²) in [6, 6.07) is 4.55. The maximum atomic E-state index is 12.2. The number of amides is 2. The number of aliphatic carboxylic acids is 1. The Bertz CT molecular complexity index is 769. The molecule has 0 aromatic heterocycles. The van der Waals surface area contributed by atoms with Gasteiger partial charge in [0.05, 0.1) is 26.2 Å². The van der Waals surface area contributed by atoms with Crippen molar-refractivity contribution >= 4 is 29.4 Å². The predicted octanol–water partition coefficient (Wildman–Crippen LogP) is -0.309. The lowest BCUT2D eigenvalue weighted by Gasteiger charge is -2.07. The molecule has 30 heavy (non-hydrogen) atoms. The summed E-state index contributed by atoms with van der Waals surface area (Å²) in [5, 5.41) is 31.6. The van der Waals surface area contributed by atoms with Gasteiger partial charge in [0, 0.05) is 37.8 Å². The lowest BCUT2D eigenvalue weighted by Crippen LogP contribution is -2.31. The fourth-order valence-corrected chi connectivity index (χ4v) is 2.50. The van der Waals surface area contributed by atoms with E-state index in [4.69, 9.17) is 5.11 Å². The number of aliphatic hydroxyl groups is 2. The van der Waals surface area contributed by atoms with Crippen molar-refractivity contribution in [2.75, 3.05) is 13.1 Å². The molecule has 164 valence electrons. The molecule has 1 aromatic carbocycles. The third-order valence-electron chi connectivity index (χ3n) is 4.09. The molecule has 10 heteroatoms. The molecular formula is C20H26N2O8. The van der Waals surface area contributed by atoms with E-state index in [9.17, 15) is 34.2 Å². The van der Waals surface area contributed by atoms with Crippen LogP contribution in [-0.4, -0.2) is 57.8 Å². The maximum absolute atomic E-state index is 12.2. The molecule has 0 heterocycles. The van der Waals surface area contributed by atoms with Gasteiger partial charge in [-0.1, -0.05) is 6.07 Å². The molecule has 1 aromatic rings. The fraction of sp³-hybridized carbons (Fsp3) is 0.450. The number of ketones is 2. The molecule has 0 fully saturated rings. The summed E-state index contributed by atoms with van der Waals surface area (Å²) in [4.78, 5) is 57.6. The van der Waals surface area contributed by atoms with Crippen LogP contribution in [0.3, 0.4) is 0 Å². The number of hydrogen-bond acceptors (Lipinski definition) is 7. The average Bonchev–Trinajstić information content (AvgIpc) is 2.73. The van der Waals surface area contributed by atoms with Crippen LogP contribution in [0.4, 0.5) is 0 Å². The molecule has 0 atom stereocenters. The van der Waals surface area contributed by atoms with E-state index in [1.807, 2.05) is 0 Å². The molecule has 0 bridgehead atoms. The standard InChI is InChI=1S/C20H26N2O8/c23-11-13-7-14(12-24)9-15(8-13)17(26)2-4-19(28)22-10-16(25)1-3-18(27)21-6-5-20(29)30/h7-9,23-24H,1-6,10-12H2,(H,21,27)(H,22,28)(H,29,30). The number of nitrogens with one attached hydrogen (secondary N) is 2. The Balaban J connectivity index is 2.33. The number of carboxylic acids is 1. The summed E-state index contributed by atoms with van der Waals surface area (Å²) in [7, 11) is 0. The number of Topliss-reactive ketones (excluding diaryl/α,β-unsaturated/α-hetero) is 2. The van der Waals surface area contributed by atoms with Crippen LogP contribution in [0.15, 0.2) is 18.2 Å². The molecule has 0 saturated carbocycles. The smallest absolute Gasteiger partial charge is 0.305 e. The fourth-order valence-electron chi connectivity index (χ4n) is 2.50. The molecule has 0 spiro atoms. The summed E-state index contributed by atoms with van der Waals surface area (Å²) in [6.45, 7) is -0.860. The molecule has 1 rings (SSSR count). The molecule has 0 aliphatic rings. The molecule has 0 aliphatic carbocycles. The highest BCUT2D eigenvalue weighted by molar-refractivity contribution is 5.98. The second-order valence-corrected chi connectivity index (χ2v) is 6.59. The average molecular weight is 422 g/mol. The predicted molar refractivity (Wildman–Crippen MR) is 104 cm³/mol. The van der Waals surface area contributed by atoms with Gasteiger partial charge in [-0.3, -0.25) is 24.0 Å². The largest absolute Gasteiger partial charge is 0.481 e. The van der Waals surface area contributed by atoms with Crippen LogP contribution in [0.1, 0.15) is 53.6 Å². The topological polar surface area (TPSA) is 170 Å². The molecule has 0 unspecified atom stereocenters. The van der Waals surface area contributed by atoms with Gasteiger partial charge in [0.1, 0.15) is 0 Å². The van der Waals surface area contributed by atoms with Crippen molar-refractivity contribution in [1.82, 2.24) is 10.6 Å². The minimum absolute atomic E-state index is 0.0197. The maximum Gasteiger partial charge on any atom is 0.305 e. The highest BCUT2D eigenvalue weighted by atomic mass is 16.4. The van der Waals surface area contributed by atoms with Crippen LogP contribution < -0.4 is 10.6 Å². The summed E-state index contributed by atoms with van der Waals surface area (Å²) in [6.07, 6.45) is -0.664. The van der Waals surface area contributed by atoms with Crippen molar-refractivity contribution in [2.24, 2.45) is 0 Å². The van der Waals surface area contributed by atoms with E-state index < -0.39 is 17.8 Å². The van der Waals surface area contributed by atoms with Gasteiger partial charge in [-0.2, -0.15) is 0 Å². The first-order valence-electron chi connectivity index (χ1n) is 9.39. The normalized spacial score (nSPS) is 10.3. The van der Waals surface area contributed by atoms with E-state index in [1.165, 1.54) is 12.1 Å². The number of benzene rings is 1. The van der Waals surface area contributed by atoms with Crippen LogP contribution in [0.5, 0.6) is 0 Å². The lowest BCUT2D eigenvalue weighted by atomic mass is 10.0. The minimum Gasteiger partial charge on any atom is -0.481 e. The van der Waals surface area contributed by atoms with E-state index in [1.54, 1.807) is 6.07 Å². The summed E-state index contributed by atoms with van der Waals surface area (Å²) < 4.78 is 0. The Morgan fingerprint density at radius 2 is 1.30 bits per heavy atom. The minimum atomic E-state index is -1.04. The number of carbonyl (C=O) groups excluding carboxylic acids is 4. The van der Waals surface area contributed by atoms with Crippen LogP contribution in [0.2, 0.25) is 0 Å². The van der Waals surface area contributed by atoms with Gasteiger partial charge in [0.15, 0.2) is 11.6 Å². The quantitative estimate of drug-likeness (QED) is 0.254. The second kappa shape index (κ2) is 13.2. The monoisotopic (exact) mass is 422 g/mol. The molecule has 5 N–H and O–H groups in total. The van der Waals surface area contributed by atoms with Crippen molar-refractivity contribution < 1.29 is 39.3 Å². The van der Waals surface area contributed by atoms with E-state index in [0.29, 0.717) is 11.1 Å². The van der Waals surface area contributed by atoms with Crippen LogP contribution >= 0.6 is 0 Å². The number of hydrogen-bond donors (Lipinski definition) is 5. The Morgan fingerprint density at radius 1 is 0.733 bits per heavy atom. The molecule has 2 amide bonds. The van der Waals surface area contributed by atoms with Crippen LogP contribution in [0.25, 0.3) is 0 Å². The van der Waals surface area contributed by atoms with Crippen LogP contribution in [-0.2, 0) is 32.4 Å². The van der Waals surface area contributed by atoms with Gasteiger partial charge in [0.2, 0.25) is 11.8 Å². The van der Waals surface area contributed by atoms with E-state index in [-0.39, 0.29) is 75.5 Å². The van der Waals surface area contributed by atoms with Gasteiger partial charge >= 0.3 is 5.97 Å². The Hall–Kier alpha value is -3.11. The first-order chi connectivity index (χ1) is 14.2. The summed E-state index contributed by atoms with van der Waals surface area (Å²) in [5.41, 5.74) is 1.24. The second-order valence-electron chi connectivity index (χ2n) is 6.59. The molecule has 0 radical (unpaired) electrons. The third kappa shape index (κ3) is 9.89.